The van der Waals surface area contributed by atoms with Gasteiger partial charge in [-0.3, -0.25) is 12.2 Å². The Morgan fingerprint density at radius 2 is 1.67 bits per heavy atom. The van der Waals surface area contributed by atoms with Crippen LogP contribution >= 0.6 is 0 Å². The molecule has 0 aliphatic heterocycles. The first kappa shape index (κ1) is 12.5. The van der Waals surface area contributed by atoms with Crippen molar-refractivity contribution < 1.29 is 17.1 Å². The van der Waals surface area contributed by atoms with Gasteiger partial charge in [0, 0.05) is 0 Å². The van der Waals surface area contributed by atoms with Crippen LogP contribution in [0.15, 0.2) is 47.0 Å². The molecular formula is C13H14FeSi. The molecule has 2 aliphatic rings. The summed E-state index contributed by atoms with van der Waals surface area (Å²) in [5.41, 5.74) is 2.15. The minimum absolute atomic E-state index is 0. The standard InChI is InChI=1S/C13H14Si.Fe/c1-3-14(2,12-8-4-5-9-12)13-10-6-7-11-13;/h3-7H,1,8,10H2,2H3;/q-2;+2. The Labute approximate surface area is 104 Å². The van der Waals surface area contributed by atoms with Gasteiger partial charge >= 0.3 is 17.1 Å². The molecule has 0 nitrogen and oxygen atoms in total. The maximum atomic E-state index is 4.01. The number of hydrogen-bond donors (Lipinski definition) is 0. The summed E-state index contributed by atoms with van der Waals surface area (Å²) in [6.45, 7) is 6.34. The molecule has 78 valence electrons. The van der Waals surface area contributed by atoms with Crippen LogP contribution in [0.2, 0.25) is 6.55 Å². The summed E-state index contributed by atoms with van der Waals surface area (Å²) >= 11 is 0. The Morgan fingerprint density at radius 3 is 1.93 bits per heavy atom. The van der Waals surface area contributed by atoms with Gasteiger partial charge in [0.05, 0.1) is 8.07 Å². The molecule has 0 bridgehead atoms. The van der Waals surface area contributed by atoms with E-state index in [1.165, 1.54) is 10.4 Å². The third-order valence-corrected chi connectivity index (χ3v) is 7.08. The summed E-state index contributed by atoms with van der Waals surface area (Å²) in [6, 6.07) is 0. The third kappa shape index (κ3) is 2.17. The number of rotatable bonds is 3. The molecule has 2 rings (SSSR count). The molecule has 0 unspecified atom stereocenters. The molecule has 0 aromatic rings. The largest absolute Gasteiger partial charge is 2.00 e. The summed E-state index contributed by atoms with van der Waals surface area (Å²) in [6.07, 6.45) is 17.3. The number of allylic oxidation sites excluding steroid dienone is 8. The summed E-state index contributed by atoms with van der Waals surface area (Å²) < 4.78 is 0. The van der Waals surface area contributed by atoms with E-state index < -0.39 is 8.07 Å². The molecular weight excluding hydrogens is 240 g/mol. The normalized spacial score (nSPS) is 18.5. The van der Waals surface area contributed by atoms with Crippen molar-refractivity contribution in [2.45, 2.75) is 19.4 Å². The van der Waals surface area contributed by atoms with Gasteiger partial charge in [-0.2, -0.15) is 10.4 Å². The second-order valence-electron chi connectivity index (χ2n) is 3.87. The fraction of sp³-hybridized carbons (Fsp3) is 0.231. The quantitative estimate of drug-likeness (QED) is 0.535. The second kappa shape index (κ2) is 4.98. The number of hydrogen-bond acceptors (Lipinski definition) is 0. The minimum Gasteiger partial charge on any atom is -0.256 e. The molecule has 0 amide bonds. The summed E-state index contributed by atoms with van der Waals surface area (Å²) in [7, 11) is -1.61. The maximum Gasteiger partial charge on any atom is 2.00 e. The van der Waals surface area contributed by atoms with E-state index in [0.29, 0.717) is 0 Å². The van der Waals surface area contributed by atoms with Crippen LogP contribution in [0, 0.1) is 12.2 Å². The molecule has 0 radical (unpaired) electrons. The van der Waals surface area contributed by atoms with E-state index in [1.807, 2.05) is 12.2 Å². The van der Waals surface area contributed by atoms with Gasteiger partial charge in [0.2, 0.25) is 0 Å². The average Bonchev–Trinajstić information content (AvgIpc) is 2.88. The van der Waals surface area contributed by atoms with Gasteiger partial charge in [0.25, 0.3) is 0 Å². The zero-order valence-electron chi connectivity index (χ0n) is 8.86. The predicted molar refractivity (Wildman–Crippen MR) is 62.8 cm³/mol. The molecule has 15 heavy (non-hydrogen) atoms. The van der Waals surface area contributed by atoms with Gasteiger partial charge in [-0.15, -0.1) is 19.4 Å². The smallest absolute Gasteiger partial charge is 0.256 e. The molecule has 0 heterocycles. The molecule has 2 heteroatoms. The Morgan fingerprint density at radius 1 is 1.20 bits per heavy atom. The van der Waals surface area contributed by atoms with Crippen LogP contribution in [0.1, 0.15) is 12.8 Å². The van der Waals surface area contributed by atoms with Crippen molar-refractivity contribution in [2.75, 3.05) is 0 Å². The van der Waals surface area contributed by atoms with Gasteiger partial charge in [-0.05, 0) is 0 Å². The fourth-order valence-electron chi connectivity index (χ4n) is 1.94. The Kier molecular flexibility index (Phi) is 4.15. The molecule has 0 aromatic heterocycles. The summed E-state index contributed by atoms with van der Waals surface area (Å²) in [5, 5.41) is 2.89. The molecule has 0 N–H and O–H groups in total. The van der Waals surface area contributed by atoms with Crippen molar-refractivity contribution in [3.8, 4) is 0 Å². The van der Waals surface area contributed by atoms with Crippen LogP contribution in [0.25, 0.3) is 0 Å². The summed E-state index contributed by atoms with van der Waals surface area (Å²) in [4.78, 5) is 0. The molecule has 0 fully saturated rings. The molecule has 0 atom stereocenters. The zero-order valence-corrected chi connectivity index (χ0v) is 11.0. The Balaban J connectivity index is 0.00000112. The molecule has 0 saturated carbocycles. The van der Waals surface area contributed by atoms with Gasteiger partial charge in [-0.1, -0.05) is 12.2 Å². The van der Waals surface area contributed by atoms with Crippen LogP contribution in [0.4, 0.5) is 0 Å². The Bertz CT molecular complexity index is 342. The van der Waals surface area contributed by atoms with E-state index in [-0.39, 0.29) is 17.1 Å². The van der Waals surface area contributed by atoms with Crippen molar-refractivity contribution in [2.24, 2.45) is 0 Å². The predicted octanol–water partition coefficient (Wildman–Crippen LogP) is 3.25. The van der Waals surface area contributed by atoms with Crippen molar-refractivity contribution in [3.05, 3.63) is 59.1 Å². The van der Waals surface area contributed by atoms with Crippen LogP contribution < -0.4 is 0 Å². The van der Waals surface area contributed by atoms with Crippen molar-refractivity contribution in [3.63, 3.8) is 0 Å². The van der Waals surface area contributed by atoms with Gasteiger partial charge in [0.1, 0.15) is 0 Å². The second-order valence-corrected chi connectivity index (χ2v) is 7.89. The van der Waals surface area contributed by atoms with Crippen molar-refractivity contribution in [1.29, 1.82) is 0 Å². The molecule has 2 aliphatic carbocycles. The summed E-state index contributed by atoms with van der Waals surface area (Å²) in [5.74, 6) is 0. The molecule has 0 spiro atoms. The van der Waals surface area contributed by atoms with Crippen LogP contribution in [-0.2, 0) is 17.1 Å². The average molecular weight is 254 g/mol. The van der Waals surface area contributed by atoms with Crippen LogP contribution in [0.5, 0.6) is 0 Å². The van der Waals surface area contributed by atoms with Crippen molar-refractivity contribution in [1.82, 2.24) is 0 Å². The van der Waals surface area contributed by atoms with Gasteiger partial charge in [-0.25, -0.2) is 24.3 Å². The van der Waals surface area contributed by atoms with Crippen LogP contribution in [-0.4, -0.2) is 8.07 Å². The van der Waals surface area contributed by atoms with E-state index in [4.69, 9.17) is 0 Å². The van der Waals surface area contributed by atoms with E-state index in [2.05, 4.69) is 43.1 Å². The van der Waals surface area contributed by atoms with Gasteiger partial charge < -0.3 is 0 Å². The molecule has 0 saturated heterocycles. The van der Waals surface area contributed by atoms with Crippen molar-refractivity contribution >= 4 is 8.07 Å². The van der Waals surface area contributed by atoms with E-state index in [0.717, 1.165) is 12.8 Å². The zero-order chi connectivity index (χ0) is 10.0. The first-order chi connectivity index (χ1) is 6.77. The van der Waals surface area contributed by atoms with E-state index in [1.54, 1.807) is 0 Å². The first-order valence-corrected chi connectivity index (χ1v) is 7.54. The third-order valence-electron chi connectivity index (χ3n) is 3.06. The van der Waals surface area contributed by atoms with Crippen LogP contribution in [0.3, 0.4) is 0 Å². The van der Waals surface area contributed by atoms with Gasteiger partial charge in [0.15, 0.2) is 0 Å². The monoisotopic (exact) mass is 254 g/mol. The maximum absolute atomic E-state index is 4.01. The topological polar surface area (TPSA) is 0 Å². The van der Waals surface area contributed by atoms with E-state index >= 15 is 0 Å². The Hall–Kier alpha value is -0.564. The van der Waals surface area contributed by atoms with E-state index in [9.17, 15) is 0 Å². The fourth-order valence-corrected chi connectivity index (χ4v) is 4.65. The first-order valence-electron chi connectivity index (χ1n) is 4.96. The molecule has 0 aromatic carbocycles. The SMILES string of the molecule is C=C[Si](C)(C1=[C-]C=CC1)C1=[C-]C=CC1.[Fe+2]. The minimum atomic E-state index is -1.61.